The zero-order valence-electron chi connectivity index (χ0n) is 12.8. The molecular weight excluding hydrogens is 340 g/mol. The van der Waals surface area contributed by atoms with Gasteiger partial charge in [-0.15, -0.1) is 5.10 Å². The molecule has 9 heteroatoms. The lowest BCUT2D eigenvalue weighted by molar-refractivity contribution is -0.0883. The van der Waals surface area contributed by atoms with Gasteiger partial charge in [0.2, 0.25) is 5.28 Å². The first-order valence-electron chi connectivity index (χ1n) is 7.00. The number of aryl methyl sites for hydroxylation is 1. The quantitative estimate of drug-likeness (QED) is 0.755. The monoisotopic (exact) mass is 353 g/mol. The molecule has 3 rings (SSSR count). The van der Waals surface area contributed by atoms with Crippen molar-refractivity contribution in [3.05, 3.63) is 40.8 Å². The number of aromatic nitrogens is 4. The molecule has 3 N–H and O–H groups in total. The third-order valence-corrected chi connectivity index (χ3v) is 4.05. The number of hydrogen-bond acceptors (Lipinski definition) is 5. The largest absolute Gasteiger partial charge is 0.380 e. The maximum atomic E-state index is 13.1. The standard InChI is InChI=1S/C15H14ClF2N5O/c1-7-3-4-8(15(2,24)13(17)18)5-9(7)10-6-20-12-11(19)21-14(16)22-23(10)12/h3-6,13,24H,1-2H3,(H2,19,21,22). The molecule has 0 aliphatic carbocycles. The van der Waals surface area contributed by atoms with Crippen LogP contribution in [0.5, 0.6) is 0 Å². The molecule has 0 aliphatic heterocycles. The van der Waals surface area contributed by atoms with E-state index in [9.17, 15) is 13.9 Å². The topological polar surface area (TPSA) is 89.3 Å². The lowest BCUT2D eigenvalue weighted by Gasteiger charge is -2.23. The SMILES string of the molecule is Cc1ccc(C(C)(O)C(F)F)cc1-c1cnc2c(N)nc(Cl)nn12. The van der Waals surface area contributed by atoms with Crippen LogP contribution in [0.2, 0.25) is 5.28 Å². The van der Waals surface area contributed by atoms with Gasteiger partial charge >= 0.3 is 0 Å². The van der Waals surface area contributed by atoms with E-state index in [0.717, 1.165) is 12.5 Å². The van der Waals surface area contributed by atoms with Gasteiger partial charge < -0.3 is 10.8 Å². The van der Waals surface area contributed by atoms with E-state index in [2.05, 4.69) is 15.1 Å². The molecule has 0 spiro atoms. The molecule has 1 aromatic carbocycles. The van der Waals surface area contributed by atoms with E-state index in [-0.39, 0.29) is 16.7 Å². The number of imidazole rings is 1. The minimum absolute atomic E-state index is 0.0624. The Bertz CT molecular complexity index is 926. The van der Waals surface area contributed by atoms with E-state index in [0.29, 0.717) is 16.9 Å². The van der Waals surface area contributed by atoms with Crippen LogP contribution in [0.1, 0.15) is 18.1 Å². The Morgan fingerprint density at radius 3 is 2.75 bits per heavy atom. The Balaban J connectivity index is 2.24. The fourth-order valence-electron chi connectivity index (χ4n) is 2.40. The highest BCUT2D eigenvalue weighted by molar-refractivity contribution is 6.28. The first-order chi connectivity index (χ1) is 11.2. The molecule has 0 saturated heterocycles. The van der Waals surface area contributed by atoms with Crippen LogP contribution in [0.4, 0.5) is 14.6 Å². The van der Waals surface area contributed by atoms with E-state index in [1.54, 1.807) is 6.07 Å². The molecular formula is C15H14ClF2N5O. The third-order valence-electron chi connectivity index (χ3n) is 3.89. The zero-order chi connectivity index (χ0) is 17.6. The number of halogens is 3. The molecule has 24 heavy (non-hydrogen) atoms. The van der Waals surface area contributed by atoms with Crippen LogP contribution in [0, 0.1) is 6.92 Å². The molecule has 0 fully saturated rings. The average molecular weight is 354 g/mol. The van der Waals surface area contributed by atoms with Gasteiger partial charge in [-0.05, 0) is 42.6 Å². The maximum absolute atomic E-state index is 13.1. The number of alkyl halides is 2. The normalized spacial score (nSPS) is 14.3. The van der Waals surface area contributed by atoms with Gasteiger partial charge in [0.15, 0.2) is 11.5 Å². The third kappa shape index (κ3) is 2.57. The van der Waals surface area contributed by atoms with Crippen molar-refractivity contribution in [3.8, 4) is 11.3 Å². The van der Waals surface area contributed by atoms with Crippen molar-refractivity contribution in [2.45, 2.75) is 25.9 Å². The summed E-state index contributed by atoms with van der Waals surface area (Å²) in [5.41, 5.74) is 5.76. The molecule has 0 bridgehead atoms. The van der Waals surface area contributed by atoms with Crippen LogP contribution in [0.15, 0.2) is 24.4 Å². The highest BCUT2D eigenvalue weighted by atomic mass is 35.5. The predicted octanol–water partition coefficient (Wildman–Crippen LogP) is 2.81. The summed E-state index contributed by atoms with van der Waals surface area (Å²) < 4.78 is 27.6. The molecule has 0 aliphatic rings. The van der Waals surface area contributed by atoms with Crippen molar-refractivity contribution in [1.82, 2.24) is 19.6 Å². The Morgan fingerprint density at radius 1 is 1.38 bits per heavy atom. The molecule has 0 amide bonds. The maximum Gasteiger partial charge on any atom is 0.270 e. The van der Waals surface area contributed by atoms with Crippen LogP contribution >= 0.6 is 11.6 Å². The number of benzene rings is 1. The second-order valence-electron chi connectivity index (χ2n) is 5.62. The van der Waals surface area contributed by atoms with Gasteiger partial charge in [-0.2, -0.15) is 4.98 Å². The first kappa shape index (κ1) is 16.5. The summed E-state index contributed by atoms with van der Waals surface area (Å²) in [5.74, 6) is 0.106. The van der Waals surface area contributed by atoms with Crippen LogP contribution in [-0.4, -0.2) is 31.1 Å². The predicted molar refractivity (Wildman–Crippen MR) is 86.0 cm³/mol. The highest BCUT2D eigenvalue weighted by Gasteiger charge is 2.34. The number of aliphatic hydroxyl groups is 1. The zero-order valence-corrected chi connectivity index (χ0v) is 13.6. The van der Waals surface area contributed by atoms with E-state index in [1.165, 1.54) is 22.8 Å². The number of nitrogens with zero attached hydrogens (tertiary/aromatic N) is 4. The van der Waals surface area contributed by atoms with Crippen LogP contribution < -0.4 is 5.73 Å². The summed E-state index contributed by atoms with van der Waals surface area (Å²) in [6.45, 7) is 2.87. The minimum Gasteiger partial charge on any atom is -0.380 e. The molecule has 1 unspecified atom stereocenters. The Morgan fingerprint density at radius 2 is 2.08 bits per heavy atom. The number of nitrogens with two attached hydrogens (primary N) is 1. The number of rotatable bonds is 3. The molecule has 6 nitrogen and oxygen atoms in total. The van der Waals surface area contributed by atoms with Gasteiger partial charge in [0.1, 0.15) is 5.60 Å². The van der Waals surface area contributed by atoms with E-state index in [1.807, 2.05) is 6.92 Å². The van der Waals surface area contributed by atoms with Gasteiger partial charge in [0.25, 0.3) is 6.43 Å². The summed E-state index contributed by atoms with van der Waals surface area (Å²) in [5, 5.41) is 14.0. The molecule has 3 aromatic rings. The van der Waals surface area contributed by atoms with E-state index in [4.69, 9.17) is 17.3 Å². The van der Waals surface area contributed by atoms with Crippen LogP contribution in [-0.2, 0) is 5.60 Å². The van der Waals surface area contributed by atoms with Crippen LogP contribution in [0.3, 0.4) is 0 Å². The highest BCUT2D eigenvalue weighted by Crippen LogP contribution is 2.33. The van der Waals surface area contributed by atoms with Crippen molar-refractivity contribution >= 4 is 23.1 Å². The van der Waals surface area contributed by atoms with Crippen molar-refractivity contribution in [3.63, 3.8) is 0 Å². The lowest BCUT2D eigenvalue weighted by atomic mass is 9.92. The second-order valence-corrected chi connectivity index (χ2v) is 5.96. The Kier molecular flexibility index (Phi) is 3.89. The Hall–Kier alpha value is -2.32. The van der Waals surface area contributed by atoms with Crippen molar-refractivity contribution < 1.29 is 13.9 Å². The smallest absolute Gasteiger partial charge is 0.270 e. The first-order valence-corrected chi connectivity index (χ1v) is 7.38. The van der Waals surface area contributed by atoms with Crippen molar-refractivity contribution in [2.75, 3.05) is 5.73 Å². The number of hydrogen-bond donors (Lipinski definition) is 2. The summed E-state index contributed by atoms with van der Waals surface area (Å²) in [4.78, 5) is 7.97. The van der Waals surface area contributed by atoms with Gasteiger partial charge in [0.05, 0.1) is 11.9 Å². The molecule has 2 aromatic heterocycles. The van der Waals surface area contributed by atoms with Gasteiger partial charge in [-0.3, -0.25) is 0 Å². The number of nitrogen functional groups attached to an aromatic ring is 1. The second kappa shape index (κ2) is 5.64. The summed E-state index contributed by atoms with van der Waals surface area (Å²) in [6, 6.07) is 4.59. The van der Waals surface area contributed by atoms with E-state index >= 15 is 0 Å². The number of anilines is 1. The van der Waals surface area contributed by atoms with Gasteiger partial charge in [0, 0.05) is 5.56 Å². The molecule has 2 heterocycles. The molecule has 126 valence electrons. The van der Waals surface area contributed by atoms with E-state index < -0.39 is 12.0 Å². The minimum atomic E-state index is -2.93. The molecule has 1 atom stereocenters. The number of fused-ring (bicyclic) bond motifs is 1. The fourth-order valence-corrected chi connectivity index (χ4v) is 2.56. The van der Waals surface area contributed by atoms with Gasteiger partial charge in [-0.25, -0.2) is 18.3 Å². The molecule has 0 radical (unpaired) electrons. The summed E-state index contributed by atoms with van der Waals surface area (Å²) >= 11 is 5.84. The van der Waals surface area contributed by atoms with Crippen molar-refractivity contribution in [2.24, 2.45) is 0 Å². The summed E-state index contributed by atoms with van der Waals surface area (Å²) in [6.07, 6.45) is -1.43. The van der Waals surface area contributed by atoms with Crippen molar-refractivity contribution in [1.29, 1.82) is 0 Å². The Labute approximate surface area is 140 Å². The fraction of sp³-hybridized carbons (Fsp3) is 0.267. The lowest BCUT2D eigenvalue weighted by Crippen LogP contribution is -2.30. The summed E-state index contributed by atoms with van der Waals surface area (Å²) in [7, 11) is 0. The van der Waals surface area contributed by atoms with Gasteiger partial charge in [-0.1, -0.05) is 12.1 Å². The molecule has 0 saturated carbocycles. The average Bonchev–Trinajstić information content (AvgIpc) is 2.91. The van der Waals surface area contributed by atoms with Crippen LogP contribution in [0.25, 0.3) is 16.9 Å².